The first-order valence-electron chi connectivity index (χ1n) is 18.7. The van der Waals surface area contributed by atoms with Gasteiger partial charge < -0.3 is 19.3 Å². The molecule has 0 bridgehead atoms. The summed E-state index contributed by atoms with van der Waals surface area (Å²) in [5, 5.41) is 31.8. The zero-order valence-corrected chi connectivity index (χ0v) is 31.3. The number of para-hydroxylation sites is 4. The minimum Gasteiger partial charge on any atom is -0.380 e. The van der Waals surface area contributed by atoms with E-state index in [-0.39, 0.29) is 0 Å². The van der Waals surface area contributed by atoms with Crippen LogP contribution in [-0.2, 0) is 11.2 Å². The number of benzene rings is 7. The fourth-order valence-electron chi connectivity index (χ4n) is 9.79. The summed E-state index contributed by atoms with van der Waals surface area (Å²) in [5.74, 6) is -0.976. The summed E-state index contributed by atoms with van der Waals surface area (Å²) >= 11 is 3.75. The van der Waals surface area contributed by atoms with Gasteiger partial charge >= 0.3 is 0 Å². The molecule has 2 aliphatic rings. The first-order chi connectivity index (χ1) is 27.0. The molecule has 4 unspecified atom stereocenters. The molecule has 264 valence electrons. The second-order valence-corrected chi connectivity index (χ2v) is 15.8. The van der Waals surface area contributed by atoms with E-state index in [4.69, 9.17) is 0 Å². The highest BCUT2D eigenvalue weighted by atomic mass is 79.9. The Labute approximate surface area is 326 Å². The molecule has 55 heavy (non-hydrogen) atoms. The van der Waals surface area contributed by atoms with Crippen LogP contribution in [0.5, 0.6) is 0 Å². The highest BCUT2D eigenvalue weighted by molar-refractivity contribution is 9.10. The van der Waals surface area contributed by atoms with Crippen molar-refractivity contribution in [3.05, 3.63) is 215 Å². The average Bonchev–Trinajstić information content (AvgIpc) is 3.76. The van der Waals surface area contributed by atoms with Crippen LogP contribution in [0, 0.1) is 11.8 Å². The summed E-state index contributed by atoms with van der Waals surface area (Å²) in [6.45, 7) is 0. The van der Waals surface area contributed by atoms with E-state index in [1.165, 1.54) is 21.5 Å². The topological polar surface area (TPSA) is 50.3 Å². The molecule has 0 aliphatic heterocycles. The van der Waals surface area contributed by atoms with Gasteiger partial charge in [-0.15, -0.1) is 0 Å². The number of aliphatic hydroxyl groups is 2. The molecule has 0 fully saturated rings. The first kappa shape index (κ1) is 32.5. The quantitative estimate of drug-likeness (QED) is 0.187. The predicted octanol–water partition coefficient (Wildman–Crippen LogP) is 11.5. The monoisotopic (exact) mass is 774 g/mol. The highest BCUT2D eigenvalue weighted by Gasteiger charge is 2.58. The van der Waals surface area contributed by atoms with Gasteiger partial charge in [-0.3, -0.25) is 0 Å². The summed E-state index contributed by atoms with van der Waals surface area (Å²) in [5.41, 5.74) is 6.31. The molecule has 7 aromatic carbocycles. The Morgan fingerprint density at radius 1 is 0.418 bits per heavy atom. The van der Waals surface area contributed by atoms with Gasteiger partial charge in [0.15, 0.2) is 0 Å². The lowest BCUT2D eigenvalue weighted by Gasteiger charge is -2.53. The van der Waals surface area contributed by atoms with E-state index < -0.39 is 23.0 Å². The molecule has 0 saturated carbocycles. The van der Waals surface area contributed by atoms with E-state index in [9.17, 15) is 10.2 Å². The third-order valence-electron chi connectivity index (χ3n) is 12.2. The summed E-state index contributed by atoms with van der Waals surface area (Å²) in [6.07, 6.45) is 8.15. The lowest BCUT2D eigenvalue weighted by atomic mass is 9.55. The molecular formula is C50H35BrN2O2. The molecule has 4 atom stereocenters. The summed E-state index contributed by atoms with van der Waals surface area (Å²) in [4.78, 5) is 0. The van der Waals surface area contributed by atoms with E-state index in [0.29, 0.717) is 11.1 Å². The Hall–Kier alpha value is -5.98. The predicted molar refractivity (Wildman–Crippen MR) is 227 cm³/mol. The minimum atomic E-state index is -1.48. The SMILES string of the molecule is OC1(c2cccc(-n3c4ccccc4c4ccccc43)c2)c2ccc(Br)cc2C(O)(c2cccc(-n3c4ccccc4c4ccccc43)c2)C2C=CC=CC21. The summed E-state index contributed by atoms with van der Waals surface area (Å²) in [6, 6.07) is 56.5. The van der Waals surface area contributed by atoms with Crippen LogP contribution in [0.1, 0.15) is 22.3 Å². The Balaban J connectivity index is 1.13. The van der Waals surface area contributed by atoms with Gasteiger partial charge in [0.05, 0.1) is 22.1 Å². The van der Waals surface area contributed by atoms with Crippen molar-refractivity contribution in [2.75, 3.05) is 0 Å². The van der Waals surface area contributed by atoms with Crippen LogP contribution in [-0.4, -0.2) is 19.3 Å². The van der Waals surface area contributed by atoms with Crippen LogP contribution in [0.3, 0.4) is 0 Å². The third-order valence-corrected chi connectivity index (χ3v) is 12.6. The van der Waals surface area contributed by atoms with Crippen molar-refractivity contribution in [1.29, 1.82) is 0 Å². The van der Waals surface area contributed by atoms with Crippen LogP contribution >= 0.6 is 15.9 Å². The van der Waals surface area contributed by atoms with Crippen molar-refractivity contribution in [2.45, 2.75) is 11.2 Å². The molecule has 0 radical (unpaired) electrons. The van der Waals surface area contributed by atoms with Gasteiger partial charge in [0, 0.05) is 49.2 Å². The smallest absolute Gasteiger partial charge is 0.122 e. The maximum absolute atomic E-state index is 13.6. The number of halogens is 1. The van der Waals surface area contributed by atoms with Crippen molar-refractivity contribution in [3.8, 4) is 11.4 Å². The van der Waals surface area contributed by atoms with Gasteiger partial charge in [-0.05, 0) is 82.9 Å². The van der Waals surface area contributed by atoms with Crippen LogP contribution in [0.25, 0.3) is 55.0 Å². The van der Waals surface area contributed by atoms with E-state index in [0.717, 1.165) is 49.0 Å². The van der Waals surface area contributed by atoms with Crippen molar-refractivity contribution in [2.24, 2.45) is 11.8 Å². The number of nitrogens with zero attached hydrogens (tertiary/aromatic N) is 2. The molecule has 5 heteroatoms. The first-order valence-corrected chi connectivity index (χ1v) is 19.5. The van der Waals surface area contributed by atoms with Crippen molar-refractivity contribution < 1.29 is 10.2 Å². The van der Waals surface area contributed by atoms with Gasteiger partial charge in [0.2, 0.25) is 0 Å². The zero-order chi connectivity index (χ0) is 36.9. The van der Waals surface area contributed by atoms with E-state index >= 15 is 0 Å². The molecule has 2 aromatic heterocycles. The van der Waals surface area contributed by atoms with E-state index in [2.05, 4.69) is 159 Å². The maximum atomic E-state index is 13.6. The fourth-order valence-corrected chi connectivity index (χ4v) is 10.2. The molecule has 2 heterocycles. The van der Waals surface area contributed by atoms with Gasteiger partial charge in [0.25, 0.3) is 0 Å². The van der Waals surface area contributed by atoms with Gasteiger partial charge in [-0.25, -0.2) is 0 Å². The minimum absolute atomic E-state index is 0.485. The largest absolute Gasteiger partial charge is 0.380 e. The van der Waals surface area contributed by atoms with Crippen LogP contribution in [0.4, 0.5) is 0 Å². The molecule has 0 spiro atoms. The highest BCUT2D eigenvalue weighted by Crippen LogP contribution is 2.58. The molecule has 2 N–H and O–H groups in total. The number of aromatic nitrogens is 2. The second kappa shape index (κ2) is 12.0. The lowest BCUT2D eigenvalue weighted by Crippen LogP contribution is -2.54. The molecule has 4 nitrogen and oxygen atoms in total. The second-order valence-electron chi connectivity index (χ2n) is 14.9. The van der Waals surface area contributed by atoms with Gasteiger partial charge in [-0.1, -0.05) is 143 Å². The summed E-state index contributed by atoms with van der Waals surface area (Å²) < 4.78 is 5.40. The van der Waals surface area contributed by atoms with Crippen LogP contribution in [0.2, 0.25) is 0 Å². The molecule has 9 aromatic rings. The Morgan fingerprint density at radius 2 is 0.818 bits per heavy atom. The Bertz CT molecular complexity index is 2970. The average molecular weight is 776 g/mol. The molecule has 0 amide bonds. The van der Waals surface area contributed by atoms with E-state index in [1.54, 1.807) is 0 Å². The zero-order valence-electron chi connectivity index (χ0n) is 29.7. The van der Waals surface area contributed by atoms with Gasteiger partial charge in [-0.2, -0.15) is 0 Å². The Morgan fingerprint density at radius 3 is 1.25 bits per heavy atom. The lowest BCUT2D eigenvalue weighted by molar-refractivity contribution is -0.0716. The number of rotatable bonds is 4. The number of hydrogen-bond acceptors (Lipinski definition) is 2. The van der Waals surface area contributed by atoms with Gasteiger partial charge in [0.1, 0.15) is 11.2 Å². The third kappa shape index (κ3) is 4.52. The standard InChI is InChI=1S/C50H35BrN2O2/c51-34-27-28-43-44(31-34)50(55,33-14-12-16-36(30-33)53-47-25-9-3-19-39(47)40-20-4-10-26-48(40)53)42-22-6-5-21-41(42)49(43,54)32-13-11-15-35(29-32)52-45-23-7-1-17-37(45)38-18-2-8-24-46(38)52/h1-31,41-42,54-55H. The molecule has 0 saturated heterocycles. The number of hydrogen-bond donors (Lipinski definition) is 2. The van der Waals surface area contributed by atoms with Crippen molar-refractivity contribution in [1.82, 2.24) is 9.13 Å². The Kier molecular flexibility index (Phi) is 7.09. The van der Waals surface area contributed by atoms with Crippen molar-refractivity contribution in [3.63, 3.8) is 0 Å². The fraction of sp³-hybridized carbons (Fsp3) is 0.0800. The summed E-state index contributed by atoms with van der Waals surface area (Å²) in [7, 11) is 0. The van der Waals surface area contributed by atoms with E-state index in [1.807, 2.05) is 54.6 Å². The van der Waals surface area contributed by atoms with Crippen LogP contribution < -0.4 is 0 Å². The number of fused-ring (bicyclic) bond motifs is 8. The molecule has 11 rings (SSSR count). The molecular weight excluding hydrogens is 740 g/mol. The molecule has 2 aliphatic carbocycles. The normalized spacial score (nSPS) is 21.7. The number of allylic oxidation sites excluding steroid dienone is 2. The maximum Gasteiger partial charge on any atom is 0.122 e. The van der Waals surface area contributed by atoms with Crippen LogP contribution in [0.15, 0.2) is 193 Å². The van der Waals surface area contributed by atoms with Crippen molar-refractivity contribution >= 4 is 59.5 Å².